The molecule has 3 aromatic carbocycles. The molecule has 1 amide bonds. The maximum atomic E-state index is 13.1. The third-order valence-corrected chi connectivity index (χ3v) is 6.56. The summed E-state index contributed by atoms with van der Waals surface area (Å²) in [5, 5.41) is 3.01. The minimum atomic E-state index is -0.298. The summed E-state index contributed by atoms with van der Waals surface area (Å²) < 4.78 is 9.31. The van der Waals surface area contributed by atoms with Crippen molar-refractivity contribution in [1.82, 2.24) is 9.13 Å². The molecule has 0 bridgehead atoms. The number of aromatic nitrogens is 2. The summed E-state index contributed by atoms with van der Waals surface area (Å²) in [5.74, 6) is 0.180. The van der Waals surface area contributed by atoms with Crippen LogP contribution in [-0.2, 0) is 14.1 Å². The van der Waals surface area contributed by atoms with Gasteiger partial charge in [0, 0.05) is 28.4 Å². The fourth-order valence-corrected chi connectivity index (χ4v) is 4.67. The summed E-state index contributed by atoms with van der Waals surface area (Å²) in [4.78, 5) is 27.5. The van der Waals surface area contributed by atoms with Crippen molar-refractivity contribution < 1.29 is 9.53 Å². The van der Waals surface area contributed by atoms with Crippen LogP contribution in [0.15, 0.2) is 79.7 Å². The molecule has 0 aliphatic rings. The van der Waals surface area contributed by atoms with E-state index in [0.29, 0.717) is 17.0 Å². The minimum Gasteiger partial charge on any atom is -0.496 e. The first-order valence-electron chi connectivity index (χ1n) is 9.46. The first-order valence-corrected chi connectivity index (χ1v) is 11.1. The Morgan fingerprint density at radius 1 is 1.00 bits per heavy atom. The first-order chi connectivity index (χ1) is 14.9. The summed E-state index contributed by atoms with van der Waals surface area (Å²) in [7, 11) is 4.99. The highest BCUT2D eigenvalue weighted by Gasteiger charge is 2.18. The van der Waals surface area contributed by atoms with Crippen molar-refractivity contribution in [3.8, 4) is 5.75 Å². The second kappa shape index (κ2) is 8.64. The van der Waals surface area contributed by atoms with Gasteiger partial charge in [-0.25, -0.2) is 4.79 Å². The molecule has 0 unspecified atom stereocenters. The molecule has 0 aliphatic carbocycles. The lowest BCUT2D eigenvalue weighted by molar-refractivity contribution is 0.102. The van der Waals surface area contributed by atoms with E-state index in [1.165, 1.54) is 18.9 Å². The number of benzene rings is 3. The number of carbonyl (C=O) groups excluding carboxylic acids is 1. The monoisotopic (exact) mass is 497 g/mol. The molecule has 0 saturated carbocycles. The Morgan fingerprint density at radius 3 is 2.35 bits per heavy atom. The van der Waals surface area contributed by atoms with Crippen molar-refractivity contribution in [3.05, 3.63) is 81.2 Å². The zero-order valence-corrected chi connectivity index (χ0v) is 19.6. The van der Waals surface area contributed by atoms with E-state index in [4.69, 9.17) is 4.74 Å². The number of amides is 1. The van der Waals surface area contributed by atoms with Gasteiger partial charge >= 0.3 is 5.69 Å². The Bertz CT molecular complexity index is 1350. The van der Waals surface area contributed by atoms with Crippen molar-refractivity contribution in [1.29, 1.82) is 0 Å². The van der Waals surface area contributed by atoms with Crippen LogP contribution in [0.3, 0.4) is 0 Å². The molecule has 4 aromatic rings. The number of nitrogens with zero attached hydrogens (tertiary/aromatic N) is 2. The van der Waals surface area contributed by atoms with Crippen LogP contribution in [-0.4, -0.2) is 22.2 Å². The number of ether oxygens (including phenoxy) is 1. The number of aryl methyl sites for hydroxylation is 2. The van der Waals surface area contributed by atoms with E-state index in [2.05, 4.69) is 21.2 Å². The molecule has 4 rings (SSSR count). The quantitative estimate of drug-likeness (QED) is 0.418. The van der Waals surface area contributed by atoms with Gasteiger partial charge in [0.05, 0.1) is 29.4 Å². The van der Waals surface area contributed by atoms with Crippen LogP contribution in [0.5, 0.6) is 5.75 Å². The second-order valence-corrected chi connectivity index (χ2v) is 8.98. The largest absolute Gasteiger partial charge is 0.496 e. The smallest absolute Gasteiger partial charge is 0.328 e. The Hall–Kier alpha value is -2.97. The average Bonchev–Trinajstić information content (AvgIpc) is 2.98. The zero-order valence-electron chi connectivity index (χ0n) is 17.2. The third kappa shape index (κ3) is 4.13. The van der Waals surface area contributed by atoms with Crippen LogP contribution in [0.2, 0.25) is 0 Å². The lowest BCUT2D eigenvalue weighted by Gasteiger charge is -2.14. The number of halogens is 1. The van der Waals surface area contributed by atoms with Gasteiger partial charge in [-0.15, -0.1) is 0 Å². The Kier molecular flexibility index (Phi) is 5.93. The minimum absolute atomic E-state index is 0.122. The van der Waals surface area contributed by atoms with Gasteiger partial charge in [0.1, 0.15) is 5.75 Å². The predicted molar refractivity (Wildman–Crippen MR) is 127 cm³/mol. The molecular weight excluding hydrogens is 478 g/mol. The SMILES string of the molecule is COc1ccc(Br)cc1C(=O)Nc1cc2c(cc1Sc1ccccc1)n(C)c(=O)n2C. The van der Waals surface area contributed by atoms with E-state index in [-0.39, 0.29) is 11.6 Å². The summed E-state index contributed by atoms with van der Waals surface area (Å²) in [5.41, 5.74) is 2.44. The lowest BCUT2D eigenvalue weighted by atomic mass is 10.1. The molecule has 158 valence electrons. The van der Waals surface area contributed by atoms with E-state index < -0.39 is 0 Å². The molecule has 1 heterocycles. The molecule has 0 saturated heterocycles. The van der Waals surface area contributed by atoms with E-state index in [1.54, 1.807) is 35.4 Å². The number of imidazole rings is 1. The van der Waals surface area contributed by atoms with Gasteiger partial charge in [0.25, 0.3) is 5.91 Å². The standard InChI is InChI=1S/C23H20BrN3O3S/c1-26-18-12-17(25-22(28)16-11-14(24)9-10-20(16)30-3)21(13-19(18)27(2)23(26)29)31-15-7-5-4-6-8-15/h4-13H,1-3H3,(H,25,28). The summed E-state index contributed by atoms with van der Waals surface area (Å²) in [6.07, 6.45) is 0. The highest BCUT2D eigenvalue weighted by Crippen LogP contribution is 2.37. The van der Waals surface area contributed by atoms with Crippen LogP contribution < -0.4 is 15.7 Å². The second-order valence-electron chi connectivity index (χ2n) is 6.95. The van der Waals surface area contributed by atoms with Crippen molar-refractivity contribution in [2.45, 2.75) is 9.79 Å². The normalized spacial score (nSPS) is 11.0. The van der Waals surface area contributed by atoms with Crippen LogP contribution >= 0.6 is 27.7 Å². The maximum Gasteiger partial charge on any atom is 0.328 e. The number of hydrogen-bond donors (Lipinski definition) is 1. The third-order valence-electron chi connectivity index (χ3n) is 5.00. The number of methoxy groups -OCH3 is 1. The maximum absolute atomic E-state index is 13.1. The van der Waals surface area contributed by atoms with Gasteiger partial charge in [-0.2, -0.15) is 0 Å². The van der Waals surface area contributed by atoms with Gasteiger partial charge in [-0.05, 0) is 42.5 Å². The van der Waals surface area contributed by atoms with E-state index in [9.17, 15) is 9.59 Å². The summed E-state index contributed by atoms with van der Waals surface area (Å²) >= 11 is 4.93. The van der Waals surface area contributed by atoms with Crippen LogP contribution in [0.1, 0.15) is 10.4 Å². The van der Waals surface area contributed by atoms with Crippen molar-refractivity contribution in [2.24, 2.45) is 14.1 Å². The molecule has 0 atom stereocenters. The molecule has 0 aliphatic heterocycles. The molecule has 8 heteroatoms. The van der Waals surface area contributed by atoms with Crippen molar-refractivity contribution in [2.75, 3.05) is 12.4 Å². The molecule has 1 aromatic heterocycles. The van der Waals surface area contributed by atoms with Gasteiger partial charge in [0.2, 0.25) is 0 Å². The number of hydrogen-bond acceptors (Lipinski definition) is 4. The van der Waals surface area contributed by atoms with Gasteiger partial charge < -0.3 is 10.1 Å². The lowest BCUT2D eigenvalue weighted by Crippen LogP contribution is -2.19. The summed E-state index contributed by atoms with van der Waals surface area (Å²) in [6, 6.07) is 18.9. The molecule has 0 fully saturated rings. The van der Waals surface area contributed by atoms with Crippen LogP contribution in [0.25, 0.3) is 11.0 Å². The predicted octanol–water partition coefficient (Wildman–Crippen LogP) is 5.05. The number of fused-ring (bicyclic) bond motifs is 1. The van der Waals surface area contributed by atoms with E-state index in [0.717, 1.165) is 25.3 Å². The molecule has 0 radical (unpaired) electrons. The fourth-order valence-electron chi connectivity index (χ4n) is 3.37. The zero-order chi connectivity index (χ0) is 22.1. The van der Waals surface area contributed by atoms with Gasteiger partial charge in [-0.1, -0.05) is 45.9 Å². The molecule has 1 N–H and O–H groups in total. The van der Waals surface area contributed by atoms with E-state index >= 15 is 0 Å². The molecular formula is C23H20BrN3O3S. The van der Waals surface area contributed by atoms with Crippen molar-refractivity contribution >= 4 is 50.3 Å². The Balaban J connectivity index is 1.82. The Labute approximate surface area is 192 Å². The molecule has 6 nitrogen and oxygen atoms in total. The first kappa shape index (κ1) is 21.3. The number of carbonyl (C=O) groups is 1. The van der Waals surface area contributed by atoms with Crippen molar-refractivity contribution in [3.63, 3.8) is 0 Å². The molecule has 31 heavy (non-hydrogen) atoms. The fraction of sp³-hybridized carbons (Fsp3) is 0.130. The van der Waals surface area contributed by atoms with Crippen LogP contribution in [0, 0.1) is 0 Å². The van der Waals surface area contributed by atoms with Gasteiger partial charge in [-0.3, -0.25) is 13.9 Å². The summed E-state index contributed by atoms with van der Waals surface area (Å²) in [6.45, 7) is 0. The number of rotatable bonds is 5. The van der Waals surface area contributed by atoms with Crippen LogP contribution in [0.4, 0.5) is 5.69 Å². The number of anilines is 1. The van der Waals surface area contributed by atoms with E-state index in [1.807, 2.05) is 48.5 Å². The van der Waals surface area contributed by atoms with Gasteiger partial charge in [0.15, 0.2) is 0 Å². The number of nitrogens with one attached hydrogen (secondary N) is 1. The average molecular weight is 498 g/mol. The Morgan fingerprint density at radius 2 is 1.68 bits per heavy atom. The highest BCUT2D eigenvalue weighted by molar-refractivity contribution is 9.10. The topological polar surface area (TPSA) is 65.3 Å². The highest BCUT2D eigenvalue weighted by atomic mass is 79.9. The molecule has 0 spiro atoms.